The summed E-state index contributed by atoms with van der Waals surface area (Å²) in [6.07, 6.45) is 5.91. The molecule has 0 aliphatic heterocycles. The summed E-state index contributed by atoms with van der Waals surface area (Å²) < 4.78 is 39.4. The standard InChI is InChI=1S/C25H39N6O5P/c1-4-6-13-33-22(34-14-7-5-2)15-30-37(32,36-21-11-9-8-10-12-21)19-35-20(3)16-31-18-29-23-24(26)27-17-28-25(23)31/h8-12,17-18,20,22H,4-7,13-16,19H2,1-3H3,(H,30,32)(H2,26,27,28). The highest BCUT2D eigenvalue weighted by atomic mass is 31.2. The lowest BCUT2D eigenvalue weighted by molar-refractivity contribution is -0.138. The summed E-state index contributed by atoms with van der Waals surface area (Å²) in [4.78, 5) is 12.5. The van der Waals surface area contributed by atoms with Gasteiger partial charge in [-0.15, -0.1) is 0 Å². The van der Waals surface area contributed by atoms with E-state index in [2.05, 4.69) is 33.9 Å². The summed E-state index contributed by atoms with van der Waals surface area (Å²) in [5.41, 5.74) is 7.03. The lowest BCUT2D eigenvalue weighted by Crippen LogP contribution is -2.33. The van der Waals surface area contributed by atoms with E-state index >= 15 is 0 Å². The Hall–Kier alpha value is -2.56. The quantitative estimate of drug-likeness (QED) is 0.135. The van der Waals surface area contributed by atoms with Crippen molar-refractivity contribution in [3.8, 4) is 5.75 Å². The predicted molar refractivity (Wildman–Crippen MR) is 143 cm³/mol. The number of fused-ring (bicyclic) bond motifs is 1. The second-order valence-corrected chi connectivity index (χ2v) is 10.9. The van der Waals surface area contributed by atoms with Crippen molar-refractivity contribution in [1.29, 1.82) is 0 Å². The molecule has 2 aromatic heterocycles. The fourth-order valence-corrected chi connectivity index (χ4v) is 4.99. The van der Waals surface area contributed by atoms with Crippen LogP contribution < -0.4 is 15.3 Å². The van der Waals surface area contributed by atoms with Gasteiger partial charge in [-0.05, 0) is 31.9 Å². The Morgan fingerprint density at radius 2 is 1.73 bits per heavy atom. The second kappa shape index (κ2) is 15.0. The van der Waals surface area contributed by atoms with Crippen LogP contribution in [0.4, 0.5) is 5.82 Å². The van der Waals surface area contributed by atoms with Gasteiger partial charge in [-0.3, -0.25) is 4.57 Å². The van der Waals surface area contributed by atoms with Crippen molar-refractivity contribution in [2.75, 3.05) is 31.8 Å². The molecule has 0 saturated carbocycles. The number of nitrogen functional groups attached to an aromatic ring is 1. The molecule has 2 heterocycles. The molecule has 0 radical (unpaired) electrons. The van der Waals surface area contributed by atoms with Crippen LogP contribution in [-0.2, 0) is 25.3 Å². The molecule has 37 heavy (non-hydrogen) atoms. The van der Waals surface area contributed by atoms with Crippen LogP contribution >= 0.6 is 7.52 Å². The first-order valence-electron chi connectivity index (χ1n) is 12.8. The highest BCUT2D eigenvalue weighted by Gasteiger charge is 2.28. The summed E-state index contributed by atoms with van der Waals surface area (Å²) in [5.74, 6) is 0.803. The number of rotatable bonds is 18. The summed E-state index contributed by atoms with van der Waals surface area (Å²) in [5, 5.41) is 3.05. The minimum atomic E-state index is -3.48. The maximum atomic E-state index is 13.9. The highest BCUT2D eigenvalue weighted by molar-refractivity contribution is 7.57. The molecule has 0 saturated heterocycles. The van der Waals surface area contributed by atoms with Crippen molar-refractivity contribution in [2.24, 2.45) is 0 Å². The van der Waals surface area contributed by atoms with E-state index < -0.39 is 13.8 Å². The Balaban J connectivity index is 1.65. The number of anilines is 1. The van der Waals surface area contributed by atoms with Crippen LogP contribution in [0.25, 0.3) is 11.2 Å². The lowest BCUT2D eigenvalue weighted by Gasteiger charge is -2.25. The third-order valence-corrected chi connectivity index (χ3v) is 7.17. The average molecular weight is 535 g/mol. The number of para-hydroxylation sites is 1. The van der Waals surface area contributed by atoms with E-state index in [1.54, 1.807) is 18.5 Å². The molecule has 0 fully saturated rings. The minimum Gasteiger partial charge on any atom is -0.431 e. The Morgan fingerprint density at radius 3 is 2.41 bits per heavy atom. The maximum absolute atomic E-state index is 13.9. The SMILES string of the molecule is CCCCOC(CNP(=O)(COC(C)Cn1cnc2c(N)ncnc21)Oc1ccccc1)OCCCC. The first-order valence-corrected chi connectivity index (χ1v) is 14.6. The summed E-state index contributed by atoms with van der Waals surface area (Å²) in [7, 11) is -3.48. The van der Waals surface area contributed by atoms with E-state index in [4.69, 9.17) is 24.5 Å². The number of benzene rings is 1. The van der Waals surface area contributed by atoms with Gasteiger partial charge in [0.1, 0.15) is 23.9 Å². The number of hydrogen-bond donors (Lipinski definition) is 2. The predicted octanol–water partition coefficient (Wildman–Crippen LogP) is 4.59. The van der Waals surface area contributed by atoms with Gasteiger partial charge in [-0.2, -0.15) is 0 Å². The van der Waals surface area contributed by atoms with E-state index in [9.17, 15) is 4.57 Å². The average Bonchev–Trinajstić information content (AvgIpc) is 3.30. The first-order chi connectivity index (χ1) is 17.9. The number of aromatic nitrogens is 4. The number of imidazole rings is 1. The molecule has 0 aliphatic carbocycles. The largest absolute Gasteiger partial charge is 0.431 e. The molecule has 0 spiro atoms. The molecule has 2 unspecified atom stereocenters. The van der Waals surface area contributed by atoms with Crippen LogP contribution in [0.5, 0.6) is 5.75 Å². The van der Waals surface area contributed by atoms with E-state index in [-0.39, 0.29) is 19.0 Å². The fourth-order valence-electron chi connectivity index (χ4n) is 3.44. The van der Waals surface area contributed by atoms with Gasteiger partial charge >= 0.3 is 7.52 Å². The van der Waals surface area contributed by atoms with E-state index in [1.807, 2.05) is 29.7 Å². The van der Waals surface area contributed by atoms with Crippen LogP contribution in [0.1, 0.15) is 46.5 Å². The van der Waals surface area contributed by atoms with Gasteiger partial charge in [0.05, 0.1) is 25.5 Å². The monoisotopic (exact) mass is 534 g/mol. The van der Waals surface area contributed by atoms with E-state index in [1.165, 1.54) is 6.33 Å². The van der Waals surface area contributed by atoms with Gasteiger partial charge in [0.25, 0.3) is 0 Å². The molecule has 2 atom stereocenters. The zero-order valence-corrected chi connectivity index (χ0v) is 22.8. The van der Waals surface area contributed by atoms with Crippen molar-refractivity contribution in [2.45, 2.75) is 65.4 Å². The number of ether oxygens (including phenoxy) is 3. The molecule has 204 valence electrons. The molecule has 0 bridgehead atoms. The zero-order chi connectivity index (χ0) is 26.5. The van der Waals surface area contributed by atoms with Crippen LogP contribution in [0, 0.1) is 0 Å². The normalized spacial score (nSPS) is 14.2. The van der Waals surface area contributed by atoms with Crippen molar-refractivity contribution in [1.82, 2.24) is 24.6 Å². The summed E-state index contributed by atoms with van der Waals surface area (Å²) >= 11 is 0. The van der Waals surface area contributed by atoms with Crippen LogP contribution in [-0.4, -0.2) is 58.0 Å². The van der Waals surface area contributed by atoms with Gasteiger partial charge in [0.2, 0.25) is 0 Å². The number of nitrogens with zero attached hydrogens (tertiary/aromatic N) is 4. The topological polar surface area (TPSA) is 136 Å². The summed E-state index contributed by atoms with van der Waals surface area (Å²) in [6, 6.07) is 9.03. The number of unbranched alkanes of at least 4 members (excludes halogenated alkanes) is 2. The molecule has 0 aliphatic rings. The first kappa shape index (κ1) is 29.0. The fraction of sp³-hybridized carbons (Fsp3) is 0.560. The minimum absolute atomic E-state index is 0.149. The van der Waals surface area contributed by atoms with Crippen LogP contribution in [0.15, 0.2) is 43.0 Å². The zero-order valence-electron chi connectivity index (χ0n) is 21.9. The Morgan fingerprint density at radius 1 is 1.03 bits per heavy atom. The van der Waals surface area contributed by atoms with Crippen molar-refractivity contribution in [3.63, 3.8) is 0 Å². The van der Waals surface area contributed by atoms with Gasteiger partial charge in [-0.1, -0.05) is 44.9 Å². The Bertz CT molecular complexity index is 1110. The third-order valence-electron chi connectivity index (χ3n) is 5.51. The van der Waals surface area contributed by atoms with Crippen molar-refractivity contribution in [3.05, 3.63) is 43.0 Å². The highest BCUT2D eigenvalue weighted by Crippen LogP contribution is 2.43. The molecule has 3 aromatic rings. The molecular formula is C25H39N6O5P. The number of hydrogen-bond acceptors (Lipinski definition) is 9. The second-order valence-electron chi connectivity index (χ2n) is 8.75. The lowest BCUT2D eigenvalue weighted by atomic mass is 10.3. The van der Waals surface area contributed by atoms with E-state index in [0.29, 0.717) is 42.5 Å². The van der Waals surface area contributed by atoms with Crippen molar-refractivity contribution < 1.29 is 23.3 Å². The van der Waals surface area contributed by atoms with E-state index in [0.717, 1.165) is 25.7 Å². The smallest absolute Gasteiger partial charge is 0.342 e. The number of nitrogens with two attached hydrogens (primary N) is 1. The molecular weight excluding hydrogens is 495 g/mol. The van der Waals surface area contributed by atoms with Gasteiger partial charge in [0, 0.05) is 13.2 Å². The number of nitrogens with one attached hydrogen (secondary N) is 1. The van der Waals surface area contributed by atoms with Gasteiger partial charge in [-0.25, -0.2) is 20.0 Å². The molecule has 12 heteroatoms. The maximum Gasteiger partial charge on any atom is 0.342 e. The van der Waals surface area contributed by atoms with Gasteiger partial charge < -0.3 is 29.0 Å². The van der Waals surface area contributed by atoms with Crippen LogP contribution in [0.2, 0.25) is 0 Å². The van der Waals surface area contributed by atoms with Crippen LogP contribution in [0.3, 0.4) is 0 Å². The molecule has 0 amide bonds. The Labute approximate surface area is 218 Å². The summed E-state index contributed by atoms with van der Waals surface area (Å²) in [6.45, 7) is 7.86. The van der Waals surface area contributed by atoms with Gasteiger partial charge in [0.15, 0.2) is 17.8 Å². The third kappa shape index (κ3) is 9.36. The molecule has 11 nitrogen and oxygen atoms in total. The molecule has 3 rings (SSSR count). The molecule has 1 aromatic carbocycles. The van der Waals surface area contributed by atoms with Crippen molar-refractivity contribution >= 4 is 24.5 Å². The molecule has 3 N–H and O–H groups in total. The Kier molecular flexibility index (Phi) is 11.8.